The number of rotatable bonds is 6. The summed E-state index contributed by atoms with van der Waals surface area (Å²) in [5.74, 6) is 0. The number of aliphatic hydroxyl groups excluding tert-OH is 1. The van der Waals surface area contributed by atoms with Crippen molar-refractivity contribution in [3.63, 3.8) is 0 Å². The lowest BCUT2D eigenvalue weighted by molar-refractivity contribution is 0.285. The molecule has 3 nitrogen and oxygen atoms in total. The highest BCUT2D eigenvalue weighted by atomic mass is 16.3. The topological polar surface area (TPSA) is 44.3 Å². The van der Waals surface area contributed by atoms with E-state index >= 15 is 0 Å². The molecule has 0 spiro atoms. The molecule has 0 amide bonds. The van der Waals surface area contributed by atoms with Gasteiger partial charge in [-0.15, -0.1) is 0 Å². The summed E-state index contributed by atoms with van der Waals surface area (Å²) in [6.07, 6.45) is 0.843. The first-order chi connectivity index (χ1) is 5.56. The Kier molecular flexibility index (Phi) is 6.34. The standard InChI is InChI=1S/C9H22N2O/c1-9(2,3)11-7-6-10-5-4-8-12/h10-12H,4-8H2,1-3H3. The van der Waals surface area contributed by atoms with Gasteiger partial charge >= 0.3 is 0 Å². The van der Waals surface area contributed by atoms with Gasteiger partial charge in [-0.3, -0.25) is 0 Å². The molecule has 0 radical (unpaired) electrons. The summed E-state index contributed by atoms with van der Waals surface area (Å²) in [6, 6.07) is 0. The molecular weight excluding hydrogens is 152 g/mol. The zero-order chi connectivity index (χ0) is 9.45. The van der Waals surface area contributed by atoms with Crippen molar-refractivity contribution in [3.05, 3.63) is 0 Å². The third-order valence-corrected chi connectivity index (χ3v) is 1.47. The zero-order valence-corrected chi connectivity index (χ0v) is 8.48. The average Bonchev–Trinajstić information content (AvgIpc) is 1.94. The first-order valence-corrected chi connectivity index (χ1v) is 4.63. The van der Waals surface area contributed by atoms with E-state index in [0.29, 0.717) is 0 Å². The third-order valence-electron chi connectivity index (χ3n) is 1.47. The quantitative estimate of drug-likeness (QED) is 0.509. The smallest absolute Gasteiger partial charge is 0.0443 e. The Morgan fingerprint density at radius 1 is 1.08 bits per heavy atom. The van der Waals surface area contributed by atoms with E-state index < -0.39 is 0 Å². The van der Waals surface area contributed by atoms with Crippen LogP contribution in [0.5, 0.6) is 0 Å². The minimum absolute atomic E-state index is 0.207. The Morgan fingerprint density at radius 2 is 1.75 bits per heavy atom. The molecule has 3 heteroatoms. The van der Waals surface area contributed by atoms with Crippen LogP contribution in [-0.2, 0) is 0 Å². The molecule has 74 valence electrons. The summed E-state index contributed by atoms with van der Waals surface area (Å²) in [5, 5.41) is 15.1. The predicted molar refractivity (Wildman–Crippen MR) is 52.3 cm³/mol. The summed E-state index contributed by atoms with van der Waals surface area (Å²) in [7, 11) is 0. The van der Waals surface area contributed by atoms with Crippen molar-refractivity contribution in [2.45, 2.75) is 32.7 Å². The molecular formula is C9H22N2O. The number of hydrogen-bond donors (Lipinski definition) is 3. The van der Waals surface area contributed by atoms with Crippen molar-refractivity contribution >= 4 is 0 Å². The maximum Gasteiger partial charge on any atom is 0.0443 e. The summed E-state index contributed by atoms with van der Waals surface area (Å²) >= 11 is 0. The number of nitrogens with one attached hydrogen (secondary N) is 2. The van der Waals surface area contributed by atoms with Gasteiger partial charge in [0.15, 0.2) is 0 Å². The fourth-order valence-corrected chi connectivity index (χ4v) is 0.855. The van der Waals surface area contributed by atoms with Gasteiger partial charge < -0.3 is 15.7 Å². The van der Waals surface area contributed by atoms with Crippen molar-refractivity contribution in [3.8, 4) is 0 Å². The Balaban J connectivity index is 3.01. The molecule has 0 unspecified atom stereocenters. The van der Waals surface area contributed by atoms with Crippen LogP contribution in [0.4, 0.5) is 0 Å². The van der Waals surface area contributed by atoms with Gasteiger partial charge in [0.25, 0.3) is 0 Å². The van der Waals surface area contributed by atoms with Crippen molar-refractivity contribution < 1.29 is 5.11 Å². The molecule has 0 rings (SSSR count). The minimum atomic E-state index is 0.207. The van der Waals surface area contributed by atoms with Crippen LogP contribution in [-0.4, -0.2) is 36.9 Å². The number of hydrogen-bond acceptors (Lipinski definition) is 3. The normalized spacial score (nSPS) is 12.0. The summed E-state index contributed by atoms with van der Waals surface area (Å²) in [5.41, 5.74) is 0.207. The van der Waals surface area contributed by atoms with Gasteiger partial charge in [0.05, 0.1) is 0 Å². The van der Waals surface area contributed by atoms with Gasteiger partial charge in [-0.2, -0.15) is 0 Å². The van der Waals surface area contributed by atoms with E-state index in [1.807, 2.05) is 0 Å². The van der Waals surface area contributed by atoms with Gasteiger partial charge in [-0.1, -0.05) is 0 Å². The first-order valence-electron chi connectivity index (χ1n) is 4.63. The largest absolute Gasteiger partial charge is 0.396 e. The molecule has 0 aromatic heterocycles. The van der Waals surface area contributed by atoms with Gasteiger partial charge in [-0.05, 0) is 33.7 Å². The van der Waals surface area contributed by atoms with Crippen LogP contribution in [0, 0.1) is 0 Å². The Morgan fingerprint density at radius 3 is 2.25 bits per heavy atom. The molecule has 12 heavy (non-hydrogen) atoms. The van der Waals surface area contributed by atoms with Gasteiger partial charge in [0.2, 0.25) is 0 Å². The first kappa shape index (κ1) is 11.9. The molecule has 0 atom stereocenters. The van der Waals surface area contributed by atoms with Crippen LogP contribution in [0.3, 0.4) is 0 Å². The van der Waals surface area contributed by atoms with Crippen LogP contribution in [0.15, 0.2) is 0 Å². The fourth-order valence-electron chi connectivity index (χ4n) is 0.855. The fraction of sp³-hybridized carbons (Fsp3) is 1.00. The molecule has 0 aliphatic rings. The number of aliphatic hydroxyl groups is 1. The molecule has 0 aliphatic heterocycles. The molecule has 3 N–H and O–H groups in total. The van der Waals surface area contributed by atoms with E-state index in [9.17, 15) is 0 Å². The zero-order valence-electron chi connectivity index (χ0n) is 8.48. The maximum absolute atomic E-state index is 8.50. The van der Waals surface area contributed by atoms with E-state index in [1.54, 1.807) is 0 Å². The van der Waals surface area contributed by atoms with Gasteiger partial charge in [0.1, 0.15) is 0 Å². The van der Waals surface area contributed by atoms with Gasteiger partial charge in [-0.25, -0.2) is 0 Å². The van der Waals surface area contributed by atoms with E-state index in [2.05, 4.69) is 31.4 Å². The monoisotopic (exact) mass is 174 g/mol. The van der Waals surface area contributed by atoms with Crippen molar-refractivity contribution in [1.29, 1.82) is 0 Å². The second kappa shape index (κ2) is 6.40. The predicted octanol–water partition coefficient (Wildman–Crippen LogP) is 0.346. The molecule has 0 bridgehead atoms. The van der Waals surface area contributed by atoms with Crippen molar-refractivity contribution in [2.75, 3.05) is 26.2 Å². The Bertz CT molecular complexity index is 99.2. The third kappa shape index (κ3) is 9.88. The van der Waals surface area contributed by atoms with Crippen molar-refractivity contribution in [1.82, 2.24) is 10.6 Å². The molecule has 0 aromatic rings. The average molecular weight is 174 g/mol. The van der Waals surface area contributed by atoms with Crippen LogP contribution in [0.1, 0.15) is 27.2 Å². The van der Waals surface area contributed by atoms with Crippen LogP contribution in [0.25, 0.3) is 0 Å². The lowest BCUT2D eigenvalue weighted by Gasteiger charge is -2.20. The second-order valence-corrected chi connectivity index (χ2v) is 4.00. The molecule has 0 saturated carbocycles. The lowest BCUT2D eigenvalue weighted by Crippen LogP contribution is -2.40. The molecule has 0 heterocycles. The SMILES string of the molecule is CC(C)(C)NCCNCCCO. The second-order valence-electron chi connectivity index (χ2n) is 4.00. The van der Waals surface area contributed by atoms with Gasteiger partial charge in [0, 0.05) is 25.2 Å². The molecule has 0 saturated heterocycles. The van der Waals surface area contributed by atoms with Crippen molar-refractivity contribution in [2.24, 2.45) is 0 Å². The Labute approximate surface area is 75.6 Å². The van der Waals surface area contributed by atoms with E-state index in [-0.39, 0.29) is 12.1 Å². The maximum atomic E-state index is 8.50. The Hall–Kier alpha value is -0.120. The molecule has 0 aliphatic carbocycles. The highest BCUT2D eigenvalue weighted by Crippen LogP contribution is 1.96. The lowest BCUT2D eigenvalue weighted by atomic mass is 10.1. The summed E-state index contributed by atoms with van der Waals surface area (Å²) in [4.78, 5) is 0. The highest BCUT2D eigenvalue weighted by molar-refractivity contribution is 4.70. The minimum Gasteiger partial charge on any atom is -0.396 e. The highest BCUT2D eigenvalue weighted by Gasteiger charge is 2.06. The molecule has 0 fully saturated rings. The summed E-state index contributed by atoms with van der Waals surface area (Å²) in [6.45, 7) is 9.59. The van der Waals surface area contributed by atoms with E-state index in [0.717, 1.165) is 26.1 Å². The van der Waals surface area contributed by atoms with E-state index in [1.165, 1.54) is 0 Å². The van der Waals surface area contributed by atoms with Crippen LogP contribution < -0.4 is 10.6 Å². The molecule has 0 aromatic carbocycles. The summed E-state index contributed by atoms with van der Waals surface area (Å²) < 4.78 is 0. The van der Waals surface area contributed by atoms with Crippen LogP contribution in [0.2, 0.25) is 0 Å². The van der Waals surface area contributed by atoms with E-state index in [4.69, 9.17) is 5.11 Å². The van der Waals surface area contributed by atoms with Crippen LogP contribution >= 0.6 is 0 Å².